The van der Waals surface area contributed by atoms with E-state index in [0.717, 1.165) is 16.9 Å². The standard InChI is InChI=1S/C9H12BO3/c1-6-4-5-8(12-3)7(2)9(6)13-10-11/h4-5,11H,1-3H3. The highest BCUT2D eigenvalue weighted by atomic mass is 16.5. The topological polar surface area (TPSA) is 38.7 Å². The quantitative estimate of drug-likeness (QED) is 0.708. The summed E-state index contributed by atoms with van der Waals surface area (Å²) in [6.07, 6.45) is 0. The number of aryl methyl sites for hydroxylation is 1. The van der Waals surface area contributed by atoms with Crippen molar-refractivity contribution < 1.29 is 14.4 Å². The summed E-state index contributed by atoms with van der Waals surface area (Å²) in [5.74, 6) is 1.39. The summed E-state index contributed by atoms with van der Waals surface area (Å²) in [6, 6.07) is 3.75. The van der Waals surface area contributed by atoms with Crippen LogP contribution in [-0.4, -0.2) is 19.8 Å². The van der Waals surface area contributed by atoms with E-state index in [1.54, 1.807) is 7.11 Å². The molecule has 4 heteroatoms. The second-order valence-electron chi connectivity index (χ2n) is 2.76. The second kappa shape index (κ2) is 4.19. The number of benzene rings is 1. The van der Waals surface area contributed by atoms with Crippen LogP contribution in [0.1, 0.15) is 11.1 Å². The van der Waals surface area contributed by atoms with Crippen LogP contribution in [0.25, 0.3) is 0 Å². The zero-order valence-electron chi connectivity index (χ0n) is 8.00. The Morgan fingerprint density at radius 3 is 2.54 bits per heavy atom. The van der Waals surface area contributed by atoms with Gasteiger partial charge in [0.1, 0.15) is 11.5 Å². The van der Waals surface area contributed by atoms with Gasteiger partial charge in [0.15, 0.2) is 0 Å². The molecule has 0 bridgehead atoms. The monoisotopic (exact) mass is 179 g/mol. The van der Waals surface area contributed by atoms with Gasteiger partial charge < -0.3 is 14.4 Å². The number of rotatable bonds is 3. The molecule has 0 aliphatic rings. The highest BCUT2D eigenvalue weighted by Crippen LogP contribution is 2.30. The van der Waals surface area contributed by atoms with E-state index in [2.05, 4.69) is 0 Å². The minimum Gasteiger partial charge on any atom is -0.537 e. The molecule has 1 radical (unpaired) electrons. The van der Waals surface area contributed by atoms with Crippen molar-refractivity contribution in [2.45, 2.75) is 13.8 Å². The Bertz CT molecular complexity index is 299. The maximum atomic E-state index is 8.54. The van der Waals surface area contributed by atoms with Crippen molar-refractivity contribution in [3.8, 4) is 11.5 Å². The fraction of sp³-hybridized carbons (Fsp3) is 0.333. The fourth-order valence-corrected chi connectivity index (χ4v) is 1.26. The molecule has 0 heterocycles. The summed E-state index contributed by atoms with van der Waals surface area (Å²) in [7, 11) is 2.28. The molecule has 0 saturated carbocycles. The van der Waals surface area contributed by atoms with Crippen molar-refractivity contribution in [1.82, 2.24) is 0 Å². The third-order valence-corrected chi connectivity index (χ3v) is 1.94. The van der Waals surface area contributed by atoms with E-state index in [9.17, 15) is 0 Å². The lowest BCUT2D eigenvalue weighted by Crippen LogP contribution is -2.04. The highest BCUT2D eigenvalue weighted by Gasteiger charge is 2.08. The molecule has 1 aromatic carbocycles. The van der Waals surface area contributed by atoms with Gasteiger partial charge in [-0.3, -0.25) is 0 Å². The van der Waals surface area contributed by atoms with E-state index in [-0.39, 0.29) is 0 Å². The van der Waals surface area contributed by atoms with Crippen LogP contribution >= 0.6 is 0 Å². The van der Waals surface area contributed by atoms with Crippen LogP contribution in [0, 0.1) is 13.8 Å². The van der Waals surface area contributed by atoms with Crippen molar-refractivity contribution in [1.29, 1.82) is 0 Å². The van der Waals surface area contributed by atoms with Crippen LogP contribution in [0.4, 0.5) is 0 Å². The lowest BCUT2D eigenvalue weighted by Gasteiger charge is -2.12. The lowest BCUT2D eigenvalue weighted by molar-refractivity contribution is 0.404. The van der Waals surface area contributed by atoms with Gasteiger partial charge in [-0.15, -0.1) is 0 Å². The maximum Gasteiger partial charge on any atom is 0.569 e. The molecule has 1 rings (SSSR count). The Morgan fingerprint density at radius 2 is 2.00 bits per heavy atom. The van der Waals surface area contributed by atoms with Gasteiger partial charge in [0.25, 0.3) is 0 Å². The Kier molecular flexibility index (Phi) is 3.20. The van der Waals surface area contributed by atoms with Crippen LogP contribution < -0.4 is 9.39 Å². The Hall–Kier alpha value is -1.16. The van der Waals surface area contributed by atoms with Gasteiger partial charge in [0, 0.05) is 5.56 Å². The van der Waals surface area contributed by atoms with Gasteiger partial charge in [0.05, 0.1) is 7.11 Å². The average Bonchev–Trinajstić information content (AvgIpc) is 2.12. The van der Waals surface area contributed by atoms with Crippen LogP contribution in [0.5, 0.6) is 11.5 Å². The summed E-state index contributed by atoms with van der Waals surface area (Å²) in [5.41, 5.74) is 1.84. The van der Waals surface area contributed by atoms with E-state index < -0.39 is 0 Å². The van der Waals surface area contributed by atoms with E-state index in [4.69, 9.17) is 14.4 Å². The molecule has 0 saturated heterocycles. The number of hydrogen-bond donors (Lipinski definition) is 1. The smallest absolute Gasteiger partial charge is 0.537 e. The first-order valence-corrected chi connectivity index (χ1v) is 3.97. The van der Waals surface area contributed by atoms with Gasteiger partial charge >= 0.3 is 7.69 Å². The summed E-state index contributed by atoms with van der Waals surface area (Å²) >= 11 is 0. The van der Waals surface area contributed by atoms with E-state index >= 15 is 0 Å². The number of methoxy groups -OCH3 is 1. The summed E-state index contributed by atoms with van der Waals surface area (Å²) in [4.78, 5) is 0. The number of ether oxygens (including phenoxy) is 1. The first-order chi connectivity index (χ1) is 6.20. The molecule has 0 aliphatic carbocycles. The molecule has 1 N–H and O–H groups in total. The minimum atomic E-state index is 0.641. The highest BCUT2D eigenvalue weighted by molar-refractivity contribution is 6.17. The second-order valence-corrected chi connectivity index (χ2v) is 2.76. The van der Waals surface area contributed by atoms with E-state index in [1.165, 1.54) is 0 Å². The molecule has 0 spiro atoms. The molecule has 0 aromatic heterocycles. The normalized spacial score (nSPS) is 9.54. The maximum absolute atomic E-state index is 8.54. The molecule has 69 valence electrons. The number of hydrogen-bond acceptors (Lipinski definition) is 3. The van der Waals surface area contributed by atoms with Gasteiger partial charge in [-0.25, -0.2) is 0 Å². The Balaban J connectivity index is 3.13. The first kappa shape index (κ1) is 9.93. The fourth-order valence-electron chi connectivity index (χ4n) is 1.26. The average molecular weight is 179 g/mol. The summed E-state index contributed by atoms with van der Waals surface area (Å²) < 4.78 is 10.1. The SMILES string of the molecule is COc1ccc(C)c(O[B]O)c1C. The third-order valence-electron chi connectivity index (χ3n) is 1.94. The van der Waals surface area contributed by atoms with Crippen LogP contribution in [0.2, 0.25) is 0 Å². The molecule has 0 fully saturated rings. The lowest BCUT2D eigenvalue weighted by atomic mass is 10.1. The van der Waals surface area contributed by atoms with E-state index in [1.807, 2.05) is 26.0 Å². The summed E-state index contributed by atoms with van der Waals surface area (Å²) in [5, 5.41) is 8.54. The van der Waals surface area contributed by atoms with Crippen LogP contribution in [-0.2, 0) is 0 Å². The predicted octanol–water partition coefficient (Wildman–Crippen LogP) is 1.22. The van der Waals surface area contributed by atoms with Crippen LogP contribution in [0.3, 0.4) is 0 Å². The molecular formula is C9H12BO3. The molecule has 0 unspecified atom stereocenters. The predicted molar refractivity (Wildman–Crippen MR) is 51.1 cm³/mol. The van der Waals surface area contributed by atoms with Gasteiger partial charge in [-0.2, -0.15) is 0 Å². The largest absolute Gasteiger partial charge is 0.569 e. The van der Waals surface area contributed by atoms with Gasteiger partial charge in [-0.05, 0) is 25.5 Å². The Morgan fingerprint density at radius 1 is 1.31 bits per heavy atom. The third kappa shape index (κ3) is 1.95. The first-order valence-electron chi connectivity index (χ1n) is 3.97. The molecule has 0 amide bonds. The summed E-state index contributed by atoms with van der Waals surface area (Å²) in [6.45, 7) is 3.79. The van der Waals surface area contributed by atoms with Crippen LogP contribution in [0.15, 0.2) is 12.1 Å². The molecule has 3 nitrogen and oxygen atoms in total. The molecule has 13 heavy (non-hydrogen) atoms. The van der Waals surface area contributed by atoms with Crippen molar-refractivity contribution in [2.75, 3.05) is 7.11 Å². The molecule has 1 aromatic rings. The molecule has 0 atom stereocenters. The van der Waals surface area contributed by atoms with E-state index in [0.29, 0.717) is 13.4 Å². The minimum absolute atomic E-state index is 0.641. The van der Waals surface area contributed by atoms with Crippen molar-refractivity contribution in [3.05, 3.63) is 23.3 Å². The Labute approximate surface area is 78.6 Å². The zero-order valence-corrected chi connectivity index (χ0v) is 8.00. The molecular weight excluding hydrogens is 167 g/mol. The van der Waals surface area contributed by atoms with Crippen molar-refractivity contribution >= 4 is 7.69 Å². The van der Waals surface area contributed by atoms with Crippen molar-refractivity contribution in [3.63, 3.8) is 0 Å². The van der Waals surface area contributed by atoms with Gasteiger partial charge in [0.2, 0.25) is 0 Å². The zero-order chi connectivity index (χ0) is 9.84. The molecule has 0 aliphatic heterocycles. The van der Waals surface area contributed by atoms with Gasteiger partial charge in [-0.1, -0.05) is 6.07 Å². The van der Waals surface area contributed by atoms with Crippen molar-refractivity contribution in [2.24, 2.45) is 0 Å².